The number of hydrogen-bond donors (Lipinski definition) is 1. The fourth-order valence-corrected chi connectivity index (χ4v) is 3.88. The number of para-hydroxylation sites is 1. The van der Waals surface area contributed by atoms with Crippen LogP contribution in [0, 0.1) is 5.92 Å². The van der Waals surface area contributed by atoms with Crippen LogP contribution in [0.4, 0.5) is 0 Å². The summed E-state index contributed by atoms with van der Waals surface area (Å²) in [5.74, 6) is 2.57. The number of carbonyl (C=O) groups is 2. The van der Waals surface area contributed by atoms with E-state index < -0.39 is 0 Å². The monoisotopic (exact) mass is 334 g/mol. The van der Waals surface area contributed by atoms with Crippen molar-refractivity contribution in [3.8, 4) is 5.75 Å². The van der Waals surface area contributed by atoms with Crippen molar-refractivity contribution < 1.29 is 14.3 Å². The fourth-order valence-electron chi connectivity index (χ4n) is 2.70. The summed E-state index contributed by atoms with van der Waals surface area (Å²) in [6.45, 7) is 0.745. The molecule has 1 saturated carbocycles. The van der Waals surface area contributed by atoms with Crippen LogP contribution in [0.1, 0.15) is 18.4 Å². The third kappa shape index (κ3) is 3.99. The first kappa shape index (κ1) is 16.2. The number of benzene rings is 1. The highest BCUT2D eigenvalue weighted by molar-refractivity contribution is 7.99. The third-order valence-corrected chi connectivity index (χ3v) is 5.31. The summed E-state index contributed by atoms with van der Waals surface area (Å²) in [4.78, 5) is 26.6. The first-order chi connectivity index (χ1) is 11.2. The van der Waals surface area contributed by atoms with Crippen molar-refractivity contribution in [2.45, 2.75) is 25.3 Å². The first-order valence-corrected chi connectivity index (χ1v) is 9.11. The number of amides is 2. The zero-order chi connectivity index (χ0) is 16.2. The van der Waals surface area contributed by atoms with Crippen molar-refractivity contribution in [2.75, 3.05) is 25.3 Å². The molecule has 1 aliphatic carbocycles. The van der Waals surface area contributed by atoms with Gasteiger partial charge < -0.3 is 15.0 Å². The summed E-state index contributed by atoms with van der Waals surface area (Å²) in [5, 5.41) is 2.99. The van der Waals surface area contributed by atoms with Gasteiger partial charge in [0, 0.05) is 17.9 Å². The van der Waals surface area contributed by atoms with E-state index in [0.717, 1.165) is 12.1 Å². The molecule has 0 spiro atoms. The highest BCUT2D eigenvalue weighted by Crippen LogP contribution is 2.28. The molecule has 1 heterocycles. The average molecular weight is 334 g/mol. The first-order valence-electron chi connectivity index (χ1n) is 7.96. The van der Waals surface area contributed by atoms with E-state index >= 15 is 0 Å². The van der Waals surface area contributed by atoms with E-state index in [9.17, 15) is 9.59 Å². The molecule has 0 bridgehead atoms. The minimum atomic E-state index is -0.346. The Bertz CT molecular complexity index is 589. The molecule has 23 heavy (non-hydrogen) atoms. The number of nitrogens with zero attached hydrogens (tertiary/aromatic N) is 1. The molecule has 1 saturated heterocycles. The van der Waals surface area contributed by atoms with Crippen molar-refractivity contribution in [3.05, 3.63) is 29.8 Å². The molecule has 5 nitrogen and oxygen atoms in total. The second-order valence-electron chi connectivity index (χ2n) is 6.06. The normalized spacial score (nSPS) is 20.4. The molecular weight excluding hydrogens is 312 g/mol. The van der Waals surface area contributed by atoms with Gasteiger partial charge in [-0.3, -0.25) is 9.59 Å². The van der Waals surface area contributed by atoms with E-state index in [4.69, 9.17) is 4.74 Å². The number of hydrogen-bond acceptors (Lipinski definition) is 4. The lowest BCUT2D eigenvalue weighted by Crippen LogP contribution is -2.48. The van der Waals surface area contributed by atoms with Crippen LogP contribution in [-0.2, 0) is 16.0 Å². The minimum Gasteiger partial charge on any atom is -0.496 e. The van der Waals surface area contributed by atoms with Crippen LogP contribution in [0.3, 0.4) is 0 Å². The molecule has 1 aliphatic heterocycles. The minimum absolute atomic E-state index is 0.0183. The molecule has 6 heteroatoms. The topological polar surface area (TPSA) is 58.6 Å². The number of nitrogens with one attached hydrogen (secondary N) is 1. The van der Waals surface area contributed by atoms with Crippen LogP contribution in [0.5, 0.6) is 5.75 Å². The lowest BCUT2D eigenvalue weighted by Gasteiger charge is -2.23. The Morgan fingerprint density at radius 1 is 1.35 bits per heavy atom. The van der Waals surface area contributed by atoms with Crippen LogP contribution < -0.4 is 10.1 Å². The number of ether oxygens (including phenoxy) is 1. The maximum Gasteiger partial charge on any atom is 0.243 e. The van der Waals surface area contributed by atoms with E-state index in [0.29, 0.717) is 23.3 Å². The van der Waals surface area contributed by atoms with Crippen LogP contribution in [0.15, 0.2) is 24.3 Å². The van der Waals surface area contributed by atoms with Crippen molar-refractivity contribution in [1.29, 1.82) is 0 Å². The summed E-state index contributed by atoms with van der Waals surface area (Å²) in [6, 6.07) is 7.17. The zero-order valence-corrected chi connectivity index (χ0v) is 14.1. The van der Waals surface area contributed by atoms with Crippen molar-refractivity contribution in [3.63, 3.8) is 0 Å². The summed E-state index contributed by atoms with van der Waals surface area (Å²) in [7, 11) is 1.60. The molecule has 0 unspecified atom stereocenters. The molecule has 1 aromatic rings. The van der Waals surface area contributed by atoms with Crippen molar-refractivity contribution in [2.24, 2.45) is 5.92 Å². The Morgan fingerprint density at radius 2 is 2.13 bits per heavy atom. The predicted molar refractivity (Wildman–Crippen MR) is 90.4 cm³/mol. The van der Waals surface area contributed by atoms with Gasteiger partial charge in [-0.25, -0.2) is 0 Å². The predicted octanol–water partition coefficient (Wildman–Crippen LogP) is 1.67. The van der Waals surface area contributed by atoms with Gasteiger partial charge in [-0.1, -0.05) is 18.2 Å². The lowest BCUT2D eigenvalue weighted by atomic mass is 10.1. The van der Waals surface area contributed by atoms with Crippen molar-refractivity contribution in [1.82, 2.24) is 10.2 Å². The maximum atomic E-state index is 12.6. The molecule has 0 radical (unpaired) electrons. The van der Waals surface area contributed by atoms with Gasteiger partial charge in [0.25, 0.3) is 0 Å². The SMILES string of the molecule is COc1ccccc1CC(=O)N1CSC[C@H]1C(=O)NCC1CC1. The van der Waals surface area contributed by atoms with Gasteiger partial charge in [-0.05, 0) is 24.8 Å². The van der Waals surface area contributed by atoms with Crippen LogP contribution in [0.2, 0.25) is 0 Å². The van der Waals surface area contributed by atoms with Crippen LogP contribution >= 0.6 is 11.8 Å². The number of carbonyl (C=O) groups excluding carboxylic acids is 2. The fraction of sp³-hybridized carbons (Fsp3) is 0.529. The lowest BCUT2D eigenvalue weighted by molar-refractivity contribution is -0.137. The van der Waals surface area contributed by atoms with Gasteiger partial charge in [0.1, 0.15) is 11.8 Å². The molecule has 124 valence electrons. The Labute approximate surface area is 140 Å². The largest absolute Gasteiger partial charge is 0.496 e. The molecule has 2 aliphatic rings. The summed E-state index contributed by atoms with van der Waals surface area (Å²) in [5.41, 5.74) is 0.856. The van der Waals surface area contributed by atoms with Gasteiger partial charge in [0.05, 0.1) is 19.4 Å². The molecular formula is C17H22N2O3S. The molecule has 1 atom stereocenters. The highest BCUT2D eigenvalue weighted by Gasteiger charge is 2.35. The molecule has 1 aromatic carbocycles. The highest BCUT2D eigenvalue weighted by atomic mass is 32.2. The summed E-state index contributed by atoms with van der Waals surface area (Å²) >= 11 is 1.63. The van der Waals surface area contributed by atoms with Gasteiger partial charge in [-0.15, -0.1) is 11.8 Å². The van der Waals surface area contributed by atoms with Crippen molar-refractivity contribution >= 4 is 23.6 Å². The maximum absolute atomic E-state index is 12.6. The Morgan fingerprint density at radius 3 is 2.87 bits per heavy atom. The van der Waals surface area contributed by atoms with Gasteiger partial charge in [-0.2, -0.15) is 0 Å². The summed E-state index contributed by atoms with van der Waals surface area (Å²) < 4.78 is 5.30. The van der Waals surface area contributed by atoms with Gasteiger partial charge >= 0.3 is 0 Å². The third-order valence-electron chi connectivity index (χ3n) is 4.30. The quantitative estimate of drug-likeness (QED) is 0.860. The van der Waals surface area contributed by atoms with Gasteiger partial charge in [0.2, 0.25) is 11.8 Å². The van der Waals surface area contributed by atoms with E-state index in [2.05, 4.69) is 5.32 Å². The molecule has 0 aromatic heterocycles. The van der Waals surface area contributed by atoms with E-state index in [1.54, 1.807) is 23.8 Å². The van der Waals surface area contributed by atoms with E-state index in [-0.39, 0.29) is 24.3 Å². The standard InChI is InChI=1S/C17H22N2O3S/c1-22-15-5-3-2-4-13(15)8-16(20)19-11-23-10-14(19)17(21)18-9-12-6-7-12/h2-5,12,14H,6-11H2,1H3,(H,18,21)/t14-/m0/s1. The molecule has 1 N–H and O–H groups in total. The molecule has 2 amide bonds. The Kier molecular flexibility index (Phi) is 5.10. The number of methoxy groups -OCH3 is 1. The number of thioether (sulfide) groups is 1. The smallest absolute Gasteiger partial charge is 0.243 e. The van der Waals surface area contributed by atoms with Crippen LogP contribution in [-0.4, -0.2) is 48.0 Å². The second-order valence-corrected chi connectivity index (χ2v) is 7.06. The zero-order valence-electron chi connectivity index (χ0n) is 13.3. The summed E-state index contributed by atoms with van der Waals surface area (Å²) in [6.07, 6.45) is 2.67. The average Bonchev–Trinajstić information content (AvgIpc) is 3.26. The molecule has 2 fully saturated rings. The molecule has 3 rings (SSSR count). The number of rotatable bonds is 6. The van der Waals surface area contributed by atoms with E-state index in [1.807, 2.05) is 24.3 Å². The second kappa shape index (κ2) is 7.25. The van der Waals surface area contributed by atoms with Crippen LogP contribution in [0.25, 0.3) is 0 Å². The van der Waals surface area contributed by atoms with Gasteiger partial charge in [0.15, 0.2) is 0 Å². The van der Waals surface area contributed by atoms with E-state index in [1.165, 1.54) is 12.8 Å². The Hall–Kier alpha value is -1.69. The Balaban J connectivity index is 1.61.